The van der Waals surface area contributed by atoms with Crippen molar-refractivity contribution in [1.29, 1.82) is 0 Å². The van der Waals surface area contributed by atoms with Gasteiger partial charge < -0.3 is 5.32 Å². The molecule has 1 N–H and O–H groups in total. The van der Waals surface area contributed by atoms with E-state index < -0.39 is 0 Å². The lowest BCUT2D eigenvalue weighted by Crippen LogP contribution is -2.52. The maximum Gasteiger partial charge on any atom is 0.0223 e. The van der Waals surface area contributed by atoms with Crippen LogP contribution in [0.3, 0.4) is 0 Å². The summed E-state index contributed by atoms with van der Waals surface area (Å²) in [6, 6.07) is 1.73. The molecule has 3 aliphatic rings. The van der Waals surface area contributed by atoms with Crippen LogP contribution in [-0.4, -0.2) is 36.6 Å². The highest BCUT2D eigenvalue weighted by Crippen LogP contribution is 2.37. The molecule has 0 aromatic heterocycles. The van der Waals surface area contributed by atoms with Gasteiger partial charge >= 0.3 is 0 Å². The summed E-state index contributed by atoms with van der Waals surface area (Å²) in [5.74, 6) is 2.03. The number of nitrogens with zero attached hydrogens (tertiary/aromatic N) is 1. The lowest BCUT2D eigenvalue weighted by molar-refractivity contribution is 0.0510. The number of likely N-dealkylation sites (N-methyl/N-ethyl adjacent to an activating group) is 1. The van der Waals surface area contributed by atoms with Crippen LogP contribution >= 0.6 is 0 Å². The SMILES string of the molecule is CCNC(CN1CCCC2CCCCC21)C1CC1. The molecule has 2 heteroatoms. The Labute approximate surface area is 113 Å². The Morgan fingerprint density at radius 2 is 1.83 bits per heavy atom. The van der Waals surface area contributed by atoms with E-state index in [1.807, 2.05) is 0 Å². The highest BCUT2D eigenvalue weighted by atomic mass is 15.2. The molecule has 2 aliphatic carbocycles. The minimum Gasteiger partial charge on any atom is -0.313 e. The first-order valence-electron chi connectivity index (χ1n) is 8.36. The molecule has 2 nitrogen and oxygen atoms in total. The van der Waals surface area contributed by atoms with Crippen LogP contribution in [0.15, 0.2) is 0 Å². The largest absolute Gasteiger partial charge is 0.313 e. The van der Waals surface area contributed by atoms with Crippen LogP contribution in [0.4, 0.5) is 0 Å². The van der Waals surface area contributed by atoms with Crippen LogP contribution in [0, 0.1) is 11.8 Å². The van der Waals surface area contributed by atoms with Crippen molar-refractivity contribution in [2.45, 2.75) is 70.4 Å². The predicted molar refractivity (Wildman–Crippen MR) is 76.7 cm³/mol. The van der Waals surface area contributed by atoms with Crippen molar-refractivity contribution < 1.29 is 0 Å². The van der Waals surface area contributed by atoms with Crippen molar-refractivity contribution in [3.05, 3.63) is 0 Å². The molecule has 0 aromatic rings. The number of hydrogen-bond acceptors (Lipinski definition) is 2. The summed E-state index contributed by atoms with van der Waals surface area (Å²) < 4.78 is 0. The highest BCUT2D eigenvalue weighted by Gasteiger charge is 2.37. The van der Waals surface area contributed by atoms with Crippen molar-refractivity contribution in [3.63, 3.8) is 0 Å². The van der Waals surface area contributed by atoms with Gasteiger partial charge in [-0.25, -0.2) is 0 Å². The summed E-state index contributed by atoms with van der Waals surface area (Å²) in [7, 11) is 0. The number of fused-ring (bicyclic) bond motifs is 1. The Morgan fingerprint density at radius 3 is 2.61 bits per heavy atom. The van der Waals surface area contributed by atoms with Crippen molar-refractivity contribution in [2.24, 2.45) is 11.8 Å². The van der Waals surface area contributed by atoms with Gasteiger partial charge in [0.05, 0.1) is 0 Å². The Kier molecular flexibility index (Phi) is 4.25. The third-order valence-corrected chi connectivity index (χ3v) is 5.45. The van der Waals surface area contributed by atoms with E-state index in [2.05, 4.69) is 17.1 Å². The summed E-state index contributed by atoms with van der Waals surface area (Å²) in [6.45, 7) is 6.10. The van der Waals surface area contributed by atoms with Crippen molar-refractivity contribution in [3.8, 4) is 0 Å². The van der Waals surface area contributed by atoms with Gasteiger partial charge in [-0.1, -0.05) is 19.8 Å². The minimum absolute atomic E-state index is 0.788. The van der Waals surface area contributed by atoms with Gasteiger partial charge in [0.2, 0.25) is 0 Å². The fraction of sp³-hybridized carbons (Fsp3) is 1.00. The van der Waals surface area contributed by atoms with Crippen LogP contribution < -0.4 is 5.32 Å². The Hall–Kier alpha value is -0.0800. The fourth-order valence-electron chi connectivity index (χ4n) is 4.35. The van der Waals surface area contributed by atoms with Gasteiger partial charge in [-0.15, -0.1) is 0 Å². The van der Waals surface area contributed by atoms with E-state index in [1.165, 1.54) is 64.5 Å². The van der Waals surface area contributed by atoms with E-state index in [0.717, 1.165) is 30.5 Å². The van der Waals surface area contributed by atoms with Gasteiger partial charge in [0.25, 0.3) is 0 Å². The lowest BCUT2D eigenvalue weighted by Gasteiger charge is -2.45. The van der Waals surface area contributed by atoms with E-state index in [-0.39, 0.29) is 0 Å². The Balaban J connectivity index is 1.59. The minimum atomic E-state index is 0.788. The van der Waals surface area contributed by atoms with E-state index >= 15 is 0 Å². The van der Waals surface area contributed by atoms with Crippen molar-refractivity contribution in [1.82, 2.24) is 10.2 Å². The molecule has 3 unspecified atom stereocenters. The van der Waals surface area contributed by atoms with E-state index in [1.54, 1.807) is 0 Å². The monoisotopic (exact) mass is 250 g/mol. The molecule has 3 atom stereocenters. The summed E-state index contributed by atoms with van der Waals surface area (Å²) in [4.78, 5) is 2.86. The molecule has 18 heavy (non-hydrogen) atoms. The van der Waals surface area contributed by atoms with E-state index in [0.29, 0.717) is 0 Å². The standard InChI is InChI=1S/C16H30N2/c1-2-17-15(13-9-10-13)12-18-11-5-7-14-6-3-4-8-16(14)18/h13-17H,2-12H2,1H3. The van der Waals surface area contributed by atoms with Gasteiger partial charge in [-0.3, -0.25) is 4.90 Å². The van der Waals surface area contributed by atoms with Crippen LogP contribution in [0.1, 0.15) is 58.3 Å². The van der Waals surface area contributed by atoms with Gasteiger partial charge in [0, 0.05) is 18.6 Å². The summed E-state index contributed by atoms with van der Waals surface area (Å²) in [5.41, 5.74) is 0. The van der Waals surface area contributed by atoms with Crippen LogP contribution in [-0.2, 0) is 0 Å². The second kappa shape index (κ2) is 5.92. The molecule has 1 heterocycles. The normalized spacial score (nSPS) is 35.2. The molecule has 3 fully saturated rings. The smallest absolute Gasteiger partial charge is 0.0223 e. The molecule has 0 amide bonds. The highest BCUT2D eigenvalue weighted by molar-refractivity contribution is 4.93. The third kappa shape index (κ3) is 2.91. The lowest BCUT2D eigenvalue weighted by atomic mass is 9.78. The number of hydrogen-bond donors (Lipinski definition) is 1. The molecule has 3 rings (SSSR count). The number of likely N-dealkylation sites (tertiary alicyclic amines) is 1. The van der Waals surface area contributed by atoms with E-state index in [9.17, 15) is 0 Å². The average molecular weight is 250 g/mol. The third-order valence-electron chi connectivity index (χ3n) is 5.45. The average Bonchev–Trinajstić information content (AvgIpc) is 3.23. The zero-order chi connectivity index (χ0) is 12.4. The number of nitrogens with one attached hydrogen (secondary N) is 1. The van der Waals surface area contributed by atoms with Crippen LogP contribution in [0.2, 0.25) is 0 Å². The molecule has 2 saturated carbocycles. The van der Waals surface area contributed by atoms with Crippen molar-refractivity contribution >= 4 is 0 Å². The summed E-state index contributed by atoms with van der Waals surface area (Å²) >= 11 is 0. The van der Waals surface area contributed by atoms with Gasteiger partial charge in [-0.2, -0.15) is 0 Å². The first kappa shape index (κ1) is 12.9. The molecule has 104 valence electrons. The number of rotatable bonds is 5. The Morgan fingerprint density at radius 1 is 1.06 bits per heavy atom. The molecular formula is C16H30N2. The first-order valence-corrected chi connectivity index (χ1v) is 8.36. The fourth-order valence-corrected chi connectivity index (χ4v) is 4.35. The first-order chi connectivity index (χ1) is 8.88. The quantitative estimate of drug-likeness (QED) is 0.807. The second-order valence-electron chi connectivity index (χ2n) is 6.75. The van der Waals surface area contributed by atoms with Crippen LogP contribution in [0.25, 0.3) is 0 Å². The second-order valence-corrected chi connectivity index (χ2v) is 6.75. The molecule has 0 radical (unpaired) electrons. The Bertz CT molecular complexity index is 260. The molecular weight excluding hydrogens is 220 g/mol. The molecule has 0 bridgehead atoms. The topological polar surface area (TPSA) is 15.3 Å². The van der Waals surface area contributed by atoms with Crippen LogP contribution in [0.5, 0.6) is 0 Å². The zero-order valence-corrected chi connectivity index (χ0v) is 12.0. The van der Waals surface area contributed by atoms with Gasteiger partial charge in [0.1, 0.15) is 0 Å². The van der Waals surface area contributed by atoms with Gasteiger partial charge in [0.15, 0.2) is 0 Å². The maximum atomic E-state index is 3.75. The maximum absolute atomic E-state index is 3.75. The van der Waals surface area contributed by atoms with Crippen molar-refractivity contribution in [2.75, 3.05) is 19.6 Å². The molecule has 1 aliphatic heterocycles. The number of piperidine rings is 1. The molecule has 0 spiro atoms. The van der Waals surface area contributed by atoms with E-state index in [4.69, 9.17) is 0 Å². The summed E-state index contributed by atoms with van der Waals surface area (Å²) in [5, 5.41) is 3.75. The summed E-state index contributed by atoms with van der Waals surface area (Å²) in [6.07, 6.45) is 11.9. The zero-order valence-electron chi connectivity index (χ0n) is 12.0. The predicted octanol–water partition coefficient (Wildman–Crippen LogP) is 3.03. The van der Waals surface area contributed by atoms with Gasteiger partial charge in [-0.05, 0) is 63.5 Å². The molecule has 1 saturated heterocycles. The molecule has 0 aromatic carbocycles.